The van der Waals surface area contributed by atoms with Crippen LogP contribution in [0.2, 0.25) is 0 Å². The number of carbonyl (C=O) groups is 2. The minimum Gasteiger partial charge on any atom is -0.484 e. The van der Waals surface area contributed by atoms with Crippen molar-refractivity contribution in [2.45, 2.75) is 59.2 Å². The van der Waals surface area contributed by atoms with Crippen LogP contribution in [0.4, 0.5) is 0 Å². The molecule has 1 N–H and O–H groups in total. The van der Waals surface area contributed by atoms with E-state index in [1.54, 1.807) is 4.90 Å². The number of nitrogens with zero attached hydrogens (tertiary/aromatic N) is 1. The van der Waals surface area contributed by atoms with Crippen LogP contribution in [0.1, 0.15) is 43.0 Å². The van der Waals surface area contributed by atoms with Gasteiger partial charge < -0.3 is 15.0 Å². The first-order valence-corrected chi connectivity index (χ1v) is 12.0. The van der Waals surface area contributed by atoms with Crippen LogP contribution in [0.5, 0.6) is 5.75 Å². The maximum Gasteiger partial charge on any atom is 0.261 e. The number of ether oxygens (including phenoxy) is 1. The maximum absolute atomic E-state index is 13.6. The molecule has 0 bridgehead atoms. The fourth-order valence-electron chi connectivity index (χ4n) is 3.95. The second-order valence-electron chi connectivity index (χ2n) is 10.0. The Morgan fingerprint density at radius 3 is 2.20 bits per heavy atom. The minimum atomic E-state index is -0.690. The highest BCUT2D eigenvalue weighted by atomic mass is 16.5. The molecule has 0 aliphatic carbocycles. The molecule has 0 aliphatic heterocycles. The van der Waals surface area contributed by atoms with Crippen molar-refractivity contribution in [1.82, 2.24) is 10.2 Å². The second-order valence-corrected chi connectivity index (χ2v) is 10.0. The molecule has 1 atom stereocenters. The van der Waals surface area contributed by atoms with E-state index in [0.29, 0.717) is 18.7 Å². The molecule has 5 heteroatoms. The number of nitrogens with one attached hydrogen (secondary N) is 1. The van der Waals surface area contributed by atoms with Gasteiger partial charge in [-0.25, -0.2) is 0 Å². The van der Waals surface area contributed by atoms with E-state index in [1.165, 1.54) is 0 Å². The van der Waals surface area contributed by atoms with Crippen molar-refractivity contribution in [2.75, 3.05) is 6.61 Å². The van der Waals surface area contributed by atoms with Gasteiger partial charge in [-0.1, -0.05) is 78.4 Å². The Morgan fingerprint density at radius 2 is 1.54 bits per heavy atom. The molecular formula is C30H36N2O3. The third-order valence-electron chi connectivity index (χ3n) is 5.65. The zero-order chi connectivity index (χ0) is 25.4. The zero-order valence-corrected chi connectivity index (χ0v) is 21.4. The number of hydrogen-bond donors (Lipinski definition) is 1. The third-order valence-corrected chi connectivity index (χ3v) is 5.65. The summed E-state index contributed by atoms with van der Waals surface area (Å²) >= 11 is 0. The summed E-state index contributed by atoms with van der Waals surface area (Å²) in [4.78, 5) is 28.8. The van der Waals surface area contributed by atoms with Crippen molar-refractivity contribution in [2.24, 2.45) is 0 Å². The predicted octanol–water partition coefficient (Wildman–Crippen LogP) is 5.24. The standard InChI is InChI=1S/C30H36N2O3/c1-22-12-11-16-25(18-22)20-32(28(33)21-35-27-17-10-9-13-23(27)2)26(29(34)31-30(3,4)5)19-24-14-7-6-8-15-24/h6-18,26H,19-21H2,1-5H3,(H,31,34)/t26-/m1/s1. The Kier molecular flexibility index (Phi) is 8.69. The smallest absolute Gasteiger partial charge is 0.261 e. The molecule has 3 aromatic rings. The Labute approximate surface area is 209 Å². The molecule has 0 aliphatic rings. The molecule has 3 aromatic carbocycles. The van der Waals surface area contributed by atoms with Crippen molar-refractivity contribution in [3.63, 3.8) is 0 Å². The van der Waals surface area contributed by atoms with Crippen molar-refractivity contribution >= 4 is 11.8 Å². The van der Waals surface area contributed by atoms with Crippen LogP contribution in [-0.2, 0) is 22.6 Å². The van der Waals surface area contributed by atoms with Crippen LogP contribution in [0.25, 0.3) is 0 Å². The lowest BCUT2D eigenvalue weighted by molar-refractivity contribution is -0.143. The predicted molar refractivity (Wildman–Crippen MR) is 140 cm³/mol. The first-order valence-electron chi connectivity index (χ1n) is 12.0. The Hall–Kier alpha value is -3.60. The Morgan fingerprint density at radius 1 is 0.886 bits per heavy atom. The van der Waals surface area contributed by atoms with Gasteiger partial charge in [0.25, 0.3) is 5.91 Å². The number of hydrogen-bond acceptors (Lipinski definition) is 3. The van der Waals surface area contributed by atoms with Crippen LogP contribution >= 0.6 is 0 Å². The minimum absolute atomic E-state index is 0.148. The molecule has 5 nitrogen and oxygen atoms in total. The second kappa shape index (κ2) is 11.7. The van der Waals surface area contributed by atoms with E-state index in [0.717, 1.165) is 22.3 Å². The van der Waals surface area contributed by atoms with E-state index in [2.05, 4.69) is 5.32 Å². The number of para-hydroxylation sites is 1. The normalized spacial score (nSPS) is 12.0. The van der Waals surface area contributed by atoms with Gasteiger partial charge in [-0.3, -0.25) is 9.59 Å². The molecular weight excluding hydrogens is 436 g/mol. The number of carbonyl (C=O) groups excluding carboxylic acids is 2. The summed E-state index contributed by atoms with van der Waals surface area (Å²) in [7, 11) is 0. The van der Waals surface area contributed by atoms with Crippen LogP contribution < -0.4 is 10.1 Å². The number of rotatable bonds is 9. The summed E-state index contributed by atoms with van der Waals surface area (Å²) < 4.78 is 5.90. The molecule has 0 saturated carbocycles. The van der Waals surface area contributed by atoms with E-state index in [9.17, 15) is 9.59 Å². The lowest BCUT2D eigenvalue weighted by Crippen LogP contribution is -2.55. The van der Waals surface area contributed by atoms with Crippen LogP contribution in [-0.4, -0.2) is 34.9 Å². The summed E-state index contributed by atoms with van der Waals surface area (Å²) in [5.41, 5.74) is 3.59. The average Bonchev–Trinajstić information content (AvgIpc) is 2.80. The highest BCUT2D eigenvalue weighted by molar-refractivity contribution is 5.89. The lowest BCUT2D eigenvalue weighted by atomic mass is 10.0. The molecule has 184 valence electrons. The van der Waals surface area contributed by atoms with Gasteiger partial charge in [-0.05, 0) is 57.4 Å². The topological polar surface area (TPSA) is 58.6 Å². The van der Waals surface area contributed by atoms with E-state index >= 15 is 0 Å². The van der Waals surface area contributed by atoms with E-state index in [-0.39, 0.29) is 18.4 Å². The monoisotopic (exact) mass is 472 g/mol. The average molecular weight is 473 g/mol. The fraction of sp³-hybridized carbons (Fsp3) is 0.333. The molecule has 2 amide bonds. The van der Waals surface area contributed by atoms with E-state index < -0.39 is 11.6 Å². The maximum atomic E-state index is 13.6. The first-order chi connectivity index (χ1) is 16.6. The van der Waals surface area contributed by atoms with Gasteiger partial charge in [0.1, 0.15) is 11.8 Å². The van der Waals surface area contributed by atoms with Gasteiger partial charge in [0, 0.05) is 18.5 Å². The van der Waals surface area contributed by atoms with Crippen molar-refractivity contribution in [3.05, 3.63) is 101 Å². The molecule has 0 unspecified atom stereocenters. The summed E-state index contributed by atoms with van der Waals surface area (Å²) in [6, 6.07) is 24.7. The van der Waals surface area contributed by atoms with E-state index in [1.807, 2.05) is 113 Å². The molecule has 0 heterocycles. The molecule has 0 radical (unpaired) electrons. The highest BCUT2D eigenvalue weighted by Gasteiger charge is 2.32. The zero-order valence-electron chi connectivity index (χ0n) is 21.4. The Balaban J connectivity index is 1.94. The fourth-order valence-corrected chi connectivity index (χ4v) is 3.95. The Bertz CT molecular complexity index is 1140. The molecule has 0 spiro atoms. The first kappa shape index (κ1) is 26.0. The van der Waals surface area contributed by atoms with Gasteiger partial charge in [0.2, 0.25) is 5.91 Å². The van der Waals surface area contributed by atoms with Crippen LogP contribution in [0.15, 0.2) is 78.9 Å². The van der Waals surface area contributed by atoms with Crippen molar-refractivity contribution < 1.29 is 14.3 Å². The molecule has 0 fully saturated rings. The quantitative estimate of drug-likeness (QED) is 0.464. The van der Waals surface area contributed by atoms with Gasteiger partial charge in [-0.2, -0.15) is 0 Å². The van der Waals surface area contributed by atoms with E-state index in [4.69, 9.17) is 4.74 Å². The highest BCUT2D eigenvalue weighted by Crippen LogP contribution is 2.19. The van der Waals surface area contributed by atoms with Gasteiger partial charge in [0.05, 0.1) is 0 Å². The number of aryl methyl sites for hydroxylation is 2. The molecule has 0 aromatic heterocycles. The third kappa shape index (κ3) is 7.99. The molecule has 0 saturated heterocycles. The van der Waals surface area contributed by atoms with Gasteiger partial charge in [0.15, 0.2) is 6.61 Å². The largest absolute Gasteiger partial charge is 0.484 e. The molecule has 35 heavy (non-hydrogen) atoms. The molecule has 3 rings (SSSR count). The number of amides is 2. The van der Waals surface area contributed by atoms with Crippen LogP contribution in [0.3, 0.4) is 0 Å². The SMILES string of the molecule is Cc1cccc(CN(C(=O)COc2ccccc2C)[C@H](Cc2ccccc2)C(=O)NC(C)(C)C)c1. The van der Waals surface area contributed by atoms with Crippen molar-refractivity contribution in [1.29, 1.82) is 0 Å². The summed E-state index contributed by atoms with van der Waals surface area (Å²) in [5.74, 6) is 0.244. The summed E-state index contributed by atoms with van der Waals surface area (Å²) in [6.45, 7) is 9.96. The van der Waals surface area contributed by atoms with Crippen LogP contribution in [0, 0.1) is 13.8 Å². The number of benzene rings is 3. The summed E-state index contributed by atoms with van der Waals surface area (Å²) in [6.07, 6.45) is 0.407. The van der Waals surface area contributed by atoms with Gasteiger partial charge >= 0.3 is 0 Å². The van der Waals surface area contributed by atoms with Crippen molar-refractivity contribution in [3.8, 4) is 5.75 Å². The lowest BCUT2D eigenvalue weighted by Gasteiger charge is -2.34. The summed E-state index contributed by atoms with van der Waals surface area (Å²) in [5, 5.41) is 3.08. The van der Waals surface area contributed by atoms with Gasteiger partial charge in [-0.15, -0.1) is 0 Å².